The van der Waals surface area contributed by atoms with E-state index in [0.717, 1.165) is 30.7 Å². The fraction of sp³-hybridized carbons (Fsp3) is 0.286. The summed E-state index contributed by atoms with van der Waals surface area (Å²) in [4.78, 5) is 19.0. The molecule has 0 aliphatic carbocycles. The first kappa shape index (κ1) is 19.2. The van der Waals surface area contributed by atoms with Gasteiger partial charge in [0.1, 0.15) is 5.69 Å². The molecule has 29 heavy (non-hydrogen) atoms. The zero-order valence-corrected chi connectivity index (χ0v) is 15.5. The van der Waals surface area contributed by atoms with Crippen LogP contribution in [0, 0.1) is 0 Å². The van der Waals surface area contributed by atoms with Crippen molar-refractivity contribution >= 4 is 5.91 Å². The monoisotopic (exact) mass is 400 g/mol. The molecule has 1 N–H and O–H groups in total. The van der Waals surface area contributed by atoms with E-state index in [1.807, 2.05) is 6.07 Å². The van der Waals surface area contributed by atoms with Crippen molar-refractivity contribution in [2.24, 2.45) is 0 Å². The van der Waals surface area contributed by atoms with Crippen molar-refractivity contribution in [2.45, 2.75) is 24.9 Å². The van der Waals surface area contributed by atoms with Gasteiger partial charge in [0, 0.05) is 36.5 Å². The summed E-state index contributed by atoms with van der Waals surface area (Å²) in [5.74, 6) is -0.0809. The second kappa shape index (κ2) is 7.69. The number of nitrogens with one attached hydrogen (secondary N) is 1. The molecule has 1 fully saturated rings. The summed E-state index contributed by atoms with van der Waals surface area (Å²) >= 11 is 0. The Kier molecular flexibility index (Phi) is 5.08. The summed E-state index contributed by atoms with van der Waals surface area (Å²) < 4.78 is 39.1. The second-order valence-electron chi connectivity index (χ2n) is 7.09. The van der Waals surface area contributed by atoms with Gasteiger partial charge < -0.3 is 4.90 Å². The van der Waals surface area contributed by atoms with Crippen molar-refractivity contribution in [3.8, 4) is 11.3 Å². The lowest BCUT2D eigenvalue weighted by Crippen LogP contribution is -2.39. The molecule has 2 aromatic heterocycles. The molecule has 1 amide bonds. The van der Waals surface area contributed by atoms with E-state index in [-0.39, 0.29) is 11.8 Å². The maximum atomic E-state index is 13.0. The van der Waals surface area contributed by atoms with E-state index < -0.39 is 11.7 Å². The summed E-state index contributed by atoms with van der Waals surface area (Å²) in [5, 5.41) is 6.51. The molecule has 1 unspecified atom stereocenters. The Morgan fingerprint density at radius 1 is 1.14 bits per heavy atom. The largest absolute Gasteiger partial charge is 0.416 e. The molecule has 0 bridgehead atoms. The number of aromatic amines is 1. The van der Waals surface area contributed by atoms with Crippen molar-refractivity contribution in [3.63, 3.8) is 0 Å². The van der Waals surface area contributed by atoms with E-state index in [9.17, 15) is 18.0 Å². The number of H-pyrrole nitrogens is 1. The van der Waals surface area contributed by atoms with Crippen LogP contribution < -0.4 is 0 Å². The van der Waals surface area contributed by atoms with Gasteiger partial charge in [-0.2, -0.15) is 18.3 Å². The number of halogens is 3. The number of carbonyl (C=O) groups is 1. The molecule has 0 radical (unpaired) electrons. The zero-order valence-electron chi connectivity index (χ0n) is 15.5. The lowest BCUT2D eigenvalue weighted by Gasteiger charge is -2.32. The topological polar surface area (TPSA) is 61.9 Å². The molecule has 1 aliphatic rings. The van der Waals surface area contributed by atoms with Crippen LogP contribution in [0.1, 0.15) is 40.5 Å². The van der Waals surface area contributed by atoms with Gasteiger partial charge in [0.25, 0.3) is 5.91 Å². The number of piperidine rings is 1. The molecule has 150 valence electrons. The van der Waals surface area contributed by atoms with E-state index in [1.54, 1.807) is 29.2 Å². The minimum absolute atomic E-state index is 0.0290. The fourth-order valence-electron chi connectivity index (χ4n) is 3.64. The number of amides is 1. The van der Waals surface area contributed by atoms with Gasteiger partial charge in [-0.25, -0.2) is 0 Å². The quantitative estimate of drug-likeness (QED) is 0.704. The Morgan fingerprint density at radius 2 is 1.97 bits per heavy atom. The first-order valence-electron chi connectivity index (χ1n) is 9.35. The maximum Gasteiger partial charge on any atom is 0.416 e. The van der Waals surface area contributed by atoms with Crippen molar-refractivity contribution in [3.05, 3.63) is 71.7 Å². The molecule has 0 saturated carbocycles. The number of benzene rings is 1. The Labute approximate surface area is 165 Å². The number of carbonyl (C=O) groups excluding carboxylic acids is 1. The second-order valence-corrected chi connectivity index (χ2v) is 7.09. The maximum absolute atomic E-state index is 13.0. The van der Waals surface area contributed by atoms with Gasteiger partial charge in [0.05, 0.1) is 11.3 Å². The van der Waals surface area contributed by atoms with Crippen LogP contribution in [-0.2, 0) is 6.18 Å². The Bertz CT molecular complexity index is 1000. The van der Waals surface area contributed by atoms with Crippen LogP contribution in [0.3, 0.4) is 0 Å². The molecule has 4 rings (SSSR count). The molecule has 5 nitrogen and oxygen atoms in total. The number of alkyl halides is 3. The molecular formula is C21H19F3N4O. The molecular weight excluding hydrogens is 381 g/mol. The number of nitrogens with zero attached hydrogens (tertiary/aromatic N) is 3. The average molecular weight is 400 g/mol. The molecule has 8 heteroatoms. The van der Waals surface area contributed by atoms with Gasteiger partial charge in [-0.3, -0.25) is 14.9 Å². The third kappa shape index (κ3) is 4.16. The predicted octanol–water partition coefficient (Wildman–Crippen LogP) is 4.51. The fourth-order valence-corrected chi connectivity index (χ4v) is 3.64. The van der Waals surface area contributed by atoms with Gasteiger partial charge in [0.2, 0.25) is 0 Å². The van der Waals surface area contributed by atoms with Crippen LogP contribution in [-0.4, -0.2) is 39.1 Å². The Hall–Kier alpha value is -3.16. The van der Waals surface area contributed by atoms with Crippen LogP contribution >= 0.6 is 0 Å². The van der Waals surface area contributed by atoms with Crippen LogP contribution in [0.2, 0.25) is 0 Å². The first-order valence-corrected chi connectivity index (χ1v) is 9.35. The smallest absolute Gasteiger partial charge is 0.337 e. The highest BCUT2D eigenvalue weighted by molar-refractivity contribution is 5.92. The summed E-state index contributed by atoms with van der Waals surface area (Å²) in [5.41, 5.74) is 1.43. The highest BCUT2D eigenvalue weighted by Gasteiger charge is 2.31. The standard InChI is InChI=1S/C21H19F3N4O/c22-21(23,24)16-6-1-4-14(12-16)17-7-2-8-18(26-17)15-5-3-11-28(13-15)20(29)19-9-10-25-27-19/h1-2,4,6-10,12,15H,3,5,11,13H2,(H,25,27). The SMILES string of the molecule is O=C(c1ccn[nH]1)N1CCCC(c2cccc(-c3cccc(C(F)(F)F)c3)n2)C1. The number of pyridine rings is 1. The van der Waals surface area contributed by atoms with E-state index in [1.165, 1.54) is 12.3 Å². The van der Waals surface area contributed by atoms with Crippen LogP contribution in [0.5, 0.6) is 0 Å². The van der Waals surface area contributed by atoms with Crippen molar-refractivity contribution in [1.82, 2.24) is 20.1 Å². The molecule has 1 saturated heterocycles. The molecule has 3 heterocycles. The summed E-state index contributed by atoms with van der Waals surface area (Å²) in [7, 11) is 0. The molecule has 1 aromatic carbocycles. The normalized spacial score (nSPS) is 17.3. The summed E-state index contributed by atoms with van der Waals surface area (Å²) in [6.45, 7) is 1.17. The lowest BCUT2D eigenvalue weighted by atomic mass is 9.93. The van der Waals surface area contributed by atoms with E-state index in [2.05, 4.69) is 15.2 Å². The van der Waals surface area contributed by atoms with Gasteiger partial charge in [0.15, 0.2) is 0 Å². The van der Waals surface area contributed by atoms with Gasteiger partial charge in [-0.05, 0) is 43.2 Å². The minimum atomic E-state index is -4.40. The van der Waals surface area contributed by atoms with Gasteiger partial charge in [-0.15, -0.1) is 0 Å². The lowest BCUT2D eigenvalue weighted by molar-refractivity contribution is -0.137. The number of aromatic nitrogens is 3. The summed E-state index contributed by atoms with van der Waals surface area (Å²) in [6.07, 6.45) is -1.16. The zero-order chi connectivity index (χ0) is 20.4. The van der Waals surface area contributed by atoms with Crippen LogP contribution in [0.15, 0.2) is 54.7 Å². The molecule has 1 atom stereocenters. The first-order chi connectivity index (χ1) is 13.9. The number of hydrogen-bond acceptors (Lipinski definition) is 3. The number of rotatable bonds is 3. The highest BCUT2D eigenvalue weighted by Crippen LogP contribution is 2.33. The van der Waals surface area contributed by atoms with E-state index in [0.29, 0.717) is 30.0 Å². The van der Waals surface area contributed by atoms with Crippen molar-refractivity contribution in [2.75, 3.05) is 13.1 Å². The van der Waals surface area contributed by atoms with Gasteiger partial charge in [-0.1, -0.05) is 18.2 Å². The molecule has 3 aromatic rings. The number of hydrogen-bond donors (Lipinski definition) is 1. The van der Waals surface area contributed by atoms with Crippen LogP contribution in [0.4, 0.5) is 13.2 Å². The Morgan fingerprint density at radius 3 is 2.72 bits per heavy atom. The predicted molar refractivity (Wildman–Crippen MR) is 101 cm³/mol. The van der Waals surface area contributed by atoms with Crippen molar-refractivity contribution in [1.29, 1.82) is 0 Å². The molecule has 1 aliphatic heterocycles. The van der Waals surface area contributed by atoms with Crippen LogP contribution in [0.25, 0.3) is 11.3 Å². The molecule has 0 spiro atoms. The Balaban J connectivity index is 1.56. The van der Waals surface area contributed by atoms with E-state index >= 15 is 0 Å². The average Bonchev–Trinajstić information content (AvgIpc) is 3.28. The third-order valence-electron chi connectivity index (χ3n) is 5.11. The van der Waals surface area contributed by atoms with Gasteiger partial charge >= 0.3 is 6.18 Å². The van der Waals surface area contributed by atoms with Crippen molar-refractivity contribution < 1.29 is 18.0 Å². The van der Waals surface area contributed by atoms with E-state index in [4.69, 9.17) is 0 Å². The number of likely N-dealkylation sites (tertiary alicyclic amines) is 1. The summed E-state index contributed by atoms with van der Waals surface area (Å²) in [6, 6.07) is 12.2. The highest BCUT2D eigenvalue weighted by atomic mass is 19.4. The third-order valence-corrected chi connectivity index (χ3v) is 5.11. The minimum Gasteiger partial charge on any atom is -0.337 e.